The number of rotatable bonds is 9. The molecule has 3 rings (SSSR count). The molecule has 0 saturated carbocycles. The van der Waals surface area contributed by atoms with Gasteiger partial charge in [-0.3, -0.25) is 19.4 Å². The first-order chi connectivity index (χ1) is 15.3. The molecule has 1 saturated heterocycles. The Hall–Kier alpha value is -3.26. The van der Waals surface area contributed by atoms with E-state index >= 15 is 0 Å². The molecule has 8 heteroatoms. The van der Waals surface area contributed by atoms with Gasteiger partial charge in [-0.05, 0) is 48.8 Å². The SMILES string of the molecule is CCN(CC)Cc1ccccc1CNC(=O)CN1C(=O)NC(C)(c2ccc(F)cc2)C1=O. The molecule has 1 unspecified atom stereocenters. The highest BCUT2D eigenvalue weighted by Crippen LogP contribution is 2.28. The number of hydrogen-bond donors (Lipinski definition) is 2. The topological polar surface area (TPSA) is 81.8 Å². The normalized spacial score (nSPS) is 18.2. The van der Waals surface area contributed by atoms with Crippen LogP contribution in [0.25, 0.3) is 0 Å². The van der Waals surface area contributed by atoms with E-state index in [9.17, 15) is 18.8 Å². The van der Waals surface area contributed by atoms with Crippen molar-refractivity contribution in [2.75, 3.05) is 19.6 Å². The smallest absolute Gasteiger partial charge is 0.325 e. The summed E-state index contributed by atoms with van der Waals surface area (Å²) in [7, 11) is 0. The predicted octanol–water partition coefficient (Wildman–Crippen LogP) is 2.75. The Morgan fingerprint density at radius 3 is 2.31 bits per heavy atom. The van der Waals surface area contributed by atoms with Gasteiger partial charge >= 0.3 is 6.03 Å². The molecule has 0 aromatic heterocycles. The summed E-state index contributed by atoms with van der Waals surface area (Å²) in [5, 5.41) is 5.43. The first-order valence-electron chi connectivity index (χ1n) is 10.7. The number of imide groups is 1. The highest BCUT2D eigenvalue weighted by atomic mass is 19.1. The van der Waals surface area contributed by atoms with Crippen LogP contribution in [0.2, 0.25) is 0 Å². The Labute approximate surface area is 187 Å². The second kappa shape index (κ2) is 9.91. The zero-order chi connectivity index (χ0) is 23.3. The van der Waals surface area contributed by atoms with Gasteiger partial charge in [0.05, 0.1) is 0 Å². The van der Waals surface area contributed by atoms with Crippen molar-refractivity contribution in [3.8, 4) is 0 Å². The van der Waals surface area contributed by atoms with E-state index in [0.29, 0.717) is 12.1 Å². The highest BCUT2D eigenvalue weighted by Gasteiger charge is 2.49. The van der Waals surface area contributed by atoms with Crippen molar-refractivity contribution in [2.45, 2.75) is 39.4 Å². The van der Waals surface area contributed by atoms with Crippen molar-refractivity contribution in [3.05, 3.63) is 71.0 Å². The molecule has 0 radical (unpaired) electrons. The van der Waals surface area contributed by atoms with Crippen molar-refractivity contribution in [2.24, 2.45) is 0 Å². The third kappa shape index (κ3) is 4.96. The molecule has 1 heterocycles. The fraction of sp³-hybridized carbons (Fsp3) is 0.375. The Kier molecular flexibility index (Phi) is 7.25. The number of amides is 4. The molecule has 2 aromatic rings. The summed E-state index contributed by atoms with van der Waals surface area (Å²) in [6.07, 6.45) is 0. The standard InChI is InChI=1S/C24H29FN4O3/c1-4-28(5-2)15-18-9-7-6-8-17(18)14-26-21(30)16-29-22(31)24(3,27-23(29)32)19-10-12-20(25)13-11-19/h6-13H,4-5,14-16H2,1-3H3,(H,26,30)(H,27,32). The summed E-state index contributed by atoms with van der Waals surface area (Å²) in [6, 6.07) is 12.6. The molecule has 0 aliphatic carbocycles. The summed E-state index contributed by atoms with van der Waals surface area (Å²) in [5.74, 6) is -1.42. The number of urea groups is 1. The number of halogens is 1. The molecule has 1 aliphatic heterocycles. The third-order valence-electron chi connectivity index (χ3n) is 5.88. The summed E-state index contributed by atoms with van der Waals surface area (Å²) in [6.45, 7) is 8.29. The number of carbonyl (C=O) groups excluding carboxylic acids is 3. The highest BCUT2D eigenvalue weighted by molar-refractivity contribution is 6.09. The van der Waals surface area contributed by atoms with Crippen LogP contribution in [0.1, 0.15) is 37.5 Å². The second-order valence-corrected chi connectivity index (χ2v) is 7.96. The fourth-order valence-electron chi connectivity index (χ4n) is 3.79. The van der Waals surface area contributed by atoms with Crippen LogP contribution in [0, 0.1) is 5.82 Å². The number of nitrogens with zero attached hydrogens (tertiary/aromatic N) is 2. The average Bonchev–Trinajstić information content (AvgIpc) is 3.00. The molecule has 4 amide bonds. The average molecular weight is 441 g/mol. The lowest BCUT2D eigenvalue weighted by Gasteiger charge is -2.22. The van der Waals surface area contributed by atoms with Gasteiger partial charge in [0.25, 0.3) is 5.91 Å². The van der Waals surface area contributed by atoms with Gasteiger partial charge in [0.15, 0.2) is 0 Å². The number of hydrogen-bond acceptors (Lipinski definition) is 4. The van der Waals surface area contributed by atoms with E-state index in [4.69, 9.17) is 0 Å². The summed E-state index contributed by atoms with van der Waals surface area (Å²) < 4.78 is 13.2. The summed E-state index contributed by atoms with van der Waals surface area (Å²) in [5.41, 5.74) is 1.21. The lowest BCUT2D eigenvalue weighted by Crippen LogP contribution is -2.43. The zero-order valence-corrected chi connectivity index (χ0v) is 18.7. The molecule has 0 spiro atoms. The maximum absolute atomic E-state index is 13.2. The second-order valence-electron chi connectivity index (χ2n) is 7.96. The largest absolute Gasteiger partial charge is 0.350 e. The van der Waals surface area contributed by atoms with Gasteiger partial charge in [0, 0.05) is 13.1 Å². The van der Waals surface area contributed by atoms with Crippen LogP contribution in [-0.4, -0.2) is 47.3 Å². The number of benzene rings is 2. The predicted molar refractivity (Wildman–Crippen MR) is 119 cm³/mol. The van der Waals surface area contributed by atoms with E-state index in [1.165, 1.54) is 24.3 Å². The van der Waals surface area contributed by atoms with Crippen molar-refractivity contribution in [3.63, 3.8) is 0 Å². The van der Waals surface area contributed by atoms with Gasteiger partial charge < -0.3 is 10.6 Å². The van der Waals surface area contributed by atoms with E-state index in [1.54, 1.807) is 6.92 Å². The Bertz CT molecular complexity index is 991. The monoisotopic (exact) mass is 440 g/mol. The van der Waals surface area contributed by atoms with Gasteiger partial charge in [-0.1, -0.05) is 50.2 Å². The molecule has 1 fully saturated rings. The first-order valence-corrected chi connectivity index (χ1v) is 10.7. The van der Waals surface area contributed by atoms with Crippen LogP contribution in [0.4, 0.5) is 9.18 Å². The third-order valence-corrected chi connectivity index (χ3v) is 5.88. The number of carbonyl (C=O) groups is 3. The maximum Gasteiger partial charge on any atom is 0.325 e. The van der Waals surface area contributed by atoms with Crippen molar-refractivity contribution in [1.29, 1.82) is 0 Å². The van der Waals surface area contributed by atoms with E-state index in [0.717, 1.165) is 35.7 Å². The Balaban J connectivity index is 1.64. The molecule has 7 nitrogen and oxygen atoms in total. The fourth-order valence-corrected chi connectivity index (χ4v) is 3.79. The van der Waals surface area contributed by atoms with Crippen LogP contribution in [0.5, 0.6) is 0 Å². The van der Waals surface area contributed by atoms with Crippen molar-refractivity contribution >= 4 is 17.8 Å². The van der Waals surface area contributed by atoms with Crippen LogP contribution in [0.3, 0.4) is 0 Å². The van der Waals surface area contributed by atoms with Crippen molar-refractivity contribution in [1.82, 2.24) is 20.4 Å². The molecular weight excluding hydrogens is 411 g/mol. The summed E-state index contributed by atoms with van der Waals surface area (Å²) in [4.78, 5) is 41.1. The van der Waals surface area contributed by atoms with E-state index < -0.39 is 29.2 Å². The van der Waals surface area contributed by atoms with Crippen LogP contribution in [-0.2, 0) is 28.2 Å². The van der Waals surface area contributed by atoms with Gasteiger partial charge in [-0.15, -0.1) is 0 Å². The van der Waals surface area contributed by atoms with Gasteiger partial charge in [-0.2, -0.15) is 0 Å². The van der Waals surface area contributed by atoms with Crippen molar-refractivity contribution < 1.29 is 18.8 Å². The minimum atomic E-state index is -1.35. The number of nitrogens with one attached hydrogen (secondary N) is 2. The summed E-state index contributed by atoms with van der Waals surface area (Å²) >= 11 is 0. The molecule has 32 heavy (non-hydrogen) atoms. The lowest BCUT2D eigenvalue weighted by atomic mass is 9.92. The zero-order valence-electron chi connectivity index (χ0n) is 18.7. The molecule has 2 N–H and O–H groups in total. The van der Waals surface area contributed by atoms with E-state index in [1.807, 2.05) is 24.3 Å². The van der Waals surface area contributed by atoms with Gasteiger partial charge in [0.2, 0.25) is 5.91 Å². The molecule has 1 atom stereocenters. The molecular formula is C24H29FN4O3. The molecule has 1 aliphatic rings. The lowest BCUT2D eigenvalue weighted by molar-refractivity contribution is -0.134. The minimum absolute atomic E-state index is 0.301. The van der Waals surface area contributed by atoms with E-state index in [-0.39, 0.29) is 6.54 Å². The Morgan fingerprint density at radius 1 is 1.06 bits per heavy atom. The molecule has 2 aromatic carbocycles. The van der Waals surface area contributed by atoms with Crippen LogP contribution >= 0.6 is 0 Å². The van der Waals surface area contributed by atoms with Crippen LogP contribution < -0.4 is 10.6 Å². The quantitative estimate of drug-likeness (QED) is 0.588. The maximum atomic E-state index is 13.2. The molecule has 0 bridgehead atoms. The first kappa shape index (κ1) is 23.4. The van der Waals surface area contributed by atoms with Gasteiger partial charge in [0.1, 0.15) is 17.9 Å². The minimum Gasteiger partial charge on any atom is -0.350 e. The van der Waals surface area contributed by atoms with Crippen LogP contribution in [0.15, 0.2) is 48.5 Å². The molecule has 170 valence electrons. The Morgan fingerprint density at radius 2 is 1.69 bits per heavy atom. The van der Waals surface area contributed by atoms with Gasteiger partial charge in [-0.25, -0.2) is 9.18 Å². The van der Waals surface area contributed by atoms with E-state index in [2.05, 4.69) is 29.4 Å².